The minimum Gasteiger partial charge on any atom is -0.445 e. The second-order valence-corrected chi connectivity index (χ2v) is 10.8. The SMILES string of the molecule is CC(C)COC1CCN(S(=O)(=O)CC2CCN(C(=O)OCc3ccccc3)C2)CC1. The van der Waals surface area contributed by atoms with E-state index in [2.05, 4.69) is 13.8 Å². The minimum absolute atomic E-state index is 0.0470. The Labute approximate surface area is 180 Å². The van der Waals surface area contributed by atoms with Gasteiger partial charge in [0.1, 0.15) is 6.61 Å². The summed E-state index contributed by atoms with van der Waals surface area (Å²) in [5.74, 6) is 0.526. The highest BCUT2D eigenvalue weighted by atomic mass is 32.2. The first-order valence-corrected chi connectivity index (χ1v) is 12.5. The van der Waals surface area contributed by atoms with Crippen molar-refractivity contribution in [2.45, 2.75) is 45.8 Å². The molecule has 2 saturated heterocycles. The number of sulfonamides is 1. The van der Waals surface area contributed by atoms with Gasteiger partial charge in [-0.05, 0) is 36.7 Å². The quantitative estimate of drug-likeness (QED) is 0.623. The Morgan fingerprint density at radius 1 is 1.10 bits per heavy atom. The van der Waals surface area contributed by atoms with Crippen molar-refractivity contribution >= 4 is 16.1 Å². The Morgan fingerprint density at radius 3 is 2.47 bits per heavy atom. The molecule has 0 N–H and O–H groups in total. The molecule has 2 aliphatic heterocycles. The van der Waals surface area contributed by atoms with Gasteiger partial charge < -0.3 is 14.4 Å². The van der Waals surface area contributed by atoms with Crippen molar-refractivity contribution in [1.29, 1.82) is 0 Å². The number of amides is 1. The average molecular weight is 439 g/mol. The average Bonchev–Trinajstić information content (AvgIpc) is 3.19. The van der Waals surface area contributed by atoms with E-state index in [-0.39, 0.29) is 30.5 Å². The van der Waals surface area contributed by atoms with Crippen molar-refractivity contribution in [1.82, 2.24) is 9.21 Å². The number of likely N-dealkylation sites (tertiary alicyclic amines) is 1. The van der Waals surface area contributed by atoms with E-state index in [0.717, 1.165) is 25.0 Å². The van der Waals surface area contributed by atoms with Crippen LogP contribution in [0.5, 0.6) is 0 Å². The third-order valence-corrected chi connectivity index (χ3v) is 7.70. The van der Waals surface area contributed by atoms with Crippen LogP contribution >= 0.6 is 0 Å². The second kappa shape index (κ2) is 10.6. The fourth-order valence-corrected chi connectivity index (χ4v) is 5.80. The van der Waals surface area contributed by atoms with Gasteiger partial charge in [-0.25, -0.2) is 17.5 Å². The van der Waals surface area contributed by atoms with Crippen molar-refractivity contribution in [3.05, 3.63) is 35.9 Å². The van der Waals surface area contributed by atoms with Crippen LogP contribution in [0, 0.1) is 11.8 Å². The molecular formula is C22H34N2O5S. The number of benzene rings is 1. The summed E-state index contributed by atoms with van der Waals surface area (Å²) in [6.07, 6.45) is 1.96. The molecule has 0 radical (unpaired) electrons. The second-order valence-electron chi connectivity index (χ2n) is 8.75. The van der Waals surface area contributed by atoms with Gasteiger partial charge in [-0.15, -0.1) is 0 Å². The molecule has 3 rings (SSSR count). The number of carbonyl (C=O) groups excluding carboxylic acids is 1. The third kappa shape index (κ3) is 6.68. The fraction of sp³-hybridized carbons (Fsp3) is 0.682. The van der Waals surface area contributed by atoms with Crippen LogP contribution in [0.3, 0.4) is 0 Å². The van der Waals surface area contributed by atoms with Crippen LogP contribution in [-0.4, -0.2) is 68.4 Å². The molecular weight excluding hydrogens is 404 g/mol. The Hall–Kier alpha value is -1.64. The van der Waals surface area contributed by atoms with E-state index in [0.29, 0.717) is 38.5 Å². The Bertz CT molecular complexity index is 776. The van der Waals surface area contributed by atoms with Gasteiger partial charge in [-0.1, -0.05) is 44.2 Å². The van der Waals surface area contributed by atoms with Crippen LogP contribution < -0.4 is 0 Å². The molecule has 1 aromatic carbocycles. The largest absolute Gasteiger partial charge is 0.445 e. The van der Waals surface area contributed by atoms with E-state index < -0.39 is 10.0 Å². The first kappa shape index (κ1) is 23.0. The fourth-order valence-electron chi connectivity index (χ4n) is 3.95. The van der Waals surface area contributed by atoms with Crippen LogP contribution in [-0.2, 0) is 26.1 Å². The highest BCUT2D eigenvalue weighted by Crippen LogP contribution is 2.23. The van der Waals surface area contributed by atoms with Gasteiger partial charge in [-0.2, -0.15) is 0 Å². The van der Waals surface area contributed by atoms with E-state index >= 15 is 0 Å². The highest BCUT2D eigenvalue weighted by molar-refractivity contribution is 7.89. The minimum atomic E-state index is -3.33. The number of ether oxygens (including phenoxy) is 2. The lowest BCUT2D eigenvalue weighted by molar-refractivity contribution is 0.00745. The van der Waals surface area contributed by atoms with E-state index in [4.69, 9.17) is 9.47 Å². The predicted molar refractivity (Wildman–Crippen MR) is 115 cm³/mol. The molecule has 2 fully saturated rings. The van der Waals surface area contributed by atoms with Gasteiger partial charge in [0, 0.05) is 32.8 Å². The number of carbonyl (C=O) groups is 1. The van der Waals surface area contributed by atoms with Gasteiger partial charge in [0.05, 0.1) is 11.9 Å². The molecule has 168 valence electrons. The standard InChI is InChI=1S/C22H34N2O5S/c1-18(2)15-28-21-9-12-24(13-10-21)30(26,27)17-20-8-11-23(14-20)22(25)29-16-19-6-4-3-5-7-19/h3-7,18,20-21H,8-17H2,1-2H3. The first-order chi connectivity index (χ1) is 14.3. The lowest BCUT2D eigenvalue weighted by Crippen LogP contribution is -2.43. The lowest BCUT2D eigenvalue weighted by atomic mass is 10.1. The van der Waals surface area contributed by atoms with Crippen LogP contribution in [0.4, 0.5) is 4.79 Å². The summed E-state index contributed by atoms with van der Waals surface area (Å²) in [5, 5.41) is 0. The molecule has 8 heteroatoms. The zero-order valence-corrected chi connectivity index (χ0v) is 18.9. The number of rotatable bonds is 8. The zero-order valence-electron chi connectivity index (χ0n) is 18.0. The molecule has 1 amide bonds. The van der Waals surface area contributed by atoms with Gasteiger partial charge in [0.25, 0.3) is 0 Å². The first-order valence-electron chi connectivity index (χ1n) is 10.9. The van der Waals surface area contributed by atoms with Crippen LogP contribution in [0.25, 0.3) is 0 Å². The Kier molecular flexibility index (Phi) is 8.13. The summed E-state index contributed by atoms with van der Waals surface area (Å²) in [5.41, 5.74) is 0.935. The van der Waals surface area contributed by atoms with Crippen molar-refractivity contribution in [2.24, 2.45) is 11.8 Å². The van der Waals surface area contributed by atoms with Gasteiger partial charge in [-0.3, -0.25) is 0 Å². The molecule has 0 bridgehead atoms. The number of hydrogen-bond acceptors (Lipinski definition) is 5. The Morgan fingerprint density at radius 2 is 1.80 bits per heavy atom. The van der Waals surface area contributed by atoms with Crippen molar-refractivity contribution in [3.8, 4) is 0 Å². The van der Waals surface area contributed by atoms with Crippen LogP contribution in [0.15, 0.2) is 30.3 Å². The maximum absolute atomic E-state index is 12.9. The molecule has 30 heavy (non-hydrogen) atoms. The van der Waals surface area contributed by atoms with E-state index in [1.54, 1.807) is 9.21 Å². The van der Waals surface area contributed by atoms with Crippen molar-refractivity contribution in [2.75, 3.05) is 38.5 Å². The summed E-state index contributed by atoms with van der Waals surface area (Å²) in [7, 11) is -3.33. The topological polar surface area (TPSA) is 76.2 Å². The van der Waals surface area contributed by atoms with E-state index in [1.165, 1.54) is 0 Å². The summed E-state index contributed by atoms with van der Waals surface area (Å²) in [6, 6.07) is 9.53. The molecule has 2 heterocycles. The summed E-state index contributed by atoms with van der Waals surface area (Å²) < 4.78 is 38.5. The summed E-state index contributed by atoms with van der Waals surface area (Å²) in [4.78, 5) is 13.9. The summed E-state index contributed by atoms with van der Waals surface area (Å²) >= 11 is 0. The third-order valence-electron chi connectivity index (χ3n) is 5.66. The number of piperidine rings is 1. The summed E-state index contributed by atoms with van der Waals surface area (Å²) in [6.45, 7) is 7.17. The zero-order chi connectivity index (χ0) is 21.6. The van der Waals surface area contributed by atoms with Gasteiger partial charge >= 0.3 is 6.09 Å². The molecule has 1 aromatic rings. The molecule has 1 atom stereocenters. The van der Waals surface area contributed by atoms with Crippen LogP contribution in [0.1, 0.15) is 38.7 Å². The molecule has 1 unspecified atom stereocenters. The molecule has 0 aromatic heterocycles. The predicted octanol–water partition coefficient (Wildman–Crippen LogP) is 3.11. The molecule has 7 nitrogen and oxygen atoms in total. The van der Waals surface area contributed by atoms with Crippen LogP contribution in [0.2, 0.25) is 0 Å². The molecule has 0 saturated carbocycles. The van der Waals surface area contributed by atoms with Crippen molar-refractivity contribution < 1.29 is 22.7 Å². The Balaban J connectivity index is 1.41. The maximum atomic E-state index is 12.9. The molecule has 2 aliphatic rings. The highest BCUT2D eigenvalue weighted by Gasteiger charge is 2.34. The van der Waals surface area contributed by atoms with E-state index in [1.807, 2.05) is 30.3 Å². The lowest BCUT2D eigenvalue weighted by Gasteiger charge is -2.32. The molecule has 0 spiro atoms. The smallest absolute Gasteiger partial charge is 0.410 e. The van der Waals surface area contributed by atoms with Gasteiger partial charge in [0.2, 0.25) is 10.0 Å². The maximum Gasteiger partial charge on any atom is 0.410 e. The normalized spacial score (nSPS) is 21.3. The van der Waals surface area contributed by atoms with Crippen molar-refractivity contribution in [3.63, 3.8) is 0 Å². The number of nitrogens with zero attached hydrogens (tertiary/aromatic N) is 2. The monoisotopic (exact) mass is 438 g/mol. The van der Waals surface area contributed by atoms with Gasteiger partial charge in [0.15, 0.2) is 0 Å². The van der Waals surface area contributed by atoms with E-state index in [9.17, 15) is 13.2 Å². The molecule has 0 aliphatic carbocycles. The number of hydrogen-bond donors (Lipinski definition) is 0.